The molecule has 0 heterocycles. The molecule has 10 nitrogen and oxygen atoms in total. The van der Waals surface area contributed by atoms with E-state index in [1.807, 2.05) is 13.8 Å². The molecule has 0 bridgehead atoms. The van der Waals surface area contributed by atoms with Crippen LogP contribution in [0, 0.1) is 0 Å². The van der Waals surface area contributed by atoms with E-state index < -0.39 is 42.3 Å². The lowest BCUT2D eigenvalue weighted by Gasteiger charge is -2.22. The quantitative estimate of drug-likeness (QED) is 0.255. The van der Waals surface area contributed by atoms with Crippen LogP contribution in [0.25, 0.3) is 0 Å². The van der Waals surface area contributed by atoms with Gasteiger partial charge in [-0.25, -0.2) is 4.79 Å². The fourth-order valence-corrected chi connectivity index (χ4v) is 3.00. The van der Waals surface area contributed by atoms with E-state index in [-0.39, 0.29) is 36.9 Å². The highest BCUT2D eigenvalue weighted by molar-refractivity contribution is 5.77. The summed E-state index contributed by atoms with van der Waals surface area (Å²) in [6.45, 7) is 10.5. The van der Waals surface area contributed by atoms with Gasteiger partial charge in [-0.15, -0.1) is 0 Å². The van der Waals surface area contributed by atoms with Crippen LogP contribution in [0.2, 0.25) is 0 Å². The first-order valence-corrected chi connectivity index (χ1v) is 12.8. The van der Waals surface area contributed by atoms with Crippen molar-refractivity contribution in [3.63, 3.8) is 0 Å². The summed E-state index contributed by atoms with van der Waals surface area (Å²) in [5.74, 6) is -1.37. The van der Waals surface area contributed by atoms with Gasteiger partial charge in [0.25, 0.3) is 0 Å². The number of carbonyl (C=O) groups is 4. The molecule has 1 rings (SSSR count). The Bertz CT molecular complexity index is 900. The zero-order chi connectivity index (χ0) is 28.0. The molecular weight excluding hydrogens is 482 g/mol. The smallest absolute Gasteiger partial charge is 0.458 e. The standard InChI is InChI=1S/C27H41NO9/c1-7-9-11-24(29)36-22-14-13-20(16-23(22)37-25(30)12-10-8-2)15-21(28)26(31)34-18(5)19(6)35-27(32)33-17(3)4/h13-14,16-19,21H,7-12,15,28H2,1-6H3/t18-,19-,21-/m0/s1. The maximum absolute atomic E-state index is 12.5. The van der Waals surface area contributed by atoms with E-state index in [1.165, 1.54) is 12.1 Å². The summed E-state index contributed by atoms with van der Waals surface area (Å²) >= 11 is 0. The monoisotopic (exact) mass is 523 g/mol. The number of hydrogen-bond acceptors (Lipinski definition) is 10. The van der Waals surface area contributed by atoms with Crippen molar-refractivity contribution in [1.82, 2.24) is 0 Å². The van der Waals surface area contributed by atoms with E-state index in [0.29, 0.717) is 18.4 Å². The Morgan fingerprint density at radius 2 is 1.32 bits per heavy atom. The van der Waals surface area contributed by atoms with Gasteiger partial charge in [0.05, 0.1) is 6.10 Å². The number of unbranched alkanes of at least 4 members (excludes halogenated alkanes) is 2. The third kappa shape index (κ3) is 12.6. The molecule has 3 atom stereocenters. The van der Waals surface area contributed by atoms with Crippen LogP contribution in [0.5, 0.6) is 11.5 Å². The van der Waals surface area contributed by atoms with E-state index in [9.17, 15) is 19.2 Å². The molecule has 0 radical (unpaired) electrons. The first-order valence-electron chi connectivity index (χ1n) is 12.8. The van der Waals surface area contributed by atoms with Crippen LogP contribution in [0.4, 0.5) is 4.79 Å². The summed E-state index contributed by atoms with van der Waals surface area (Å²) in [6.07, 6.45) is 0.831. The predicted molar refractivity (Wildman–Crippen MR) is 136 cm³/mol. The summed E-state index contributed by atoms with van der Waals surface area (Å²) in [5, 5.41) is 0. The third-order valence-electron chi connectivity index (χ3n) is 5.26. The number of esters is 3. The van der Waals surface area contributed by atoms with Gasteiger partial charge in [-0.1, -0.05) is 32.8 Å². The highest BCUT2D eigenvalue weighted by Gasteiger charge is 2.25. The topological polar surface area (TPSA) is 140 Å². The Morgan fingerprint density at radius 3 is 1.86 bits per heavy atom. The van der Waals surface area contributed by atoms with Crippen LogP contribution < -0.4 is 15.2 Å². The van der Waals surface area contributed by atoms with Crippen LogP contribution in [0.1, 0.15) is 85.6 Å². The normalized spacial score (nSPS) is 13.3. The molecule has 0 aliphatic heterocycles. The molecule has 10 heteroatoms. The molecule has 0 unspecified atom stereocenters. The maximum Gasteiger partial charge on any atom is 0.508 e. The van der Waals surface area contributed by atoms with Crippen molar-refractivity contribution in [2.24, 2.45) is 5.73 Å². The minimum atomic E-state index is -1.04. The van der Waals surface area contributed by atoms with Crippen LogP contribution >= 0.6 is 0 Å². The Kier molecular flexibility index (Phi) is 14.3. The number of ether oxygens (including phenoxy) is 5. The number of nitrogens with two attached hydrogens (primary N) is 1. The first-order chi connectivity index (χ1) is 17.5. The van der Waals surface area contributed by atoms with E-state index in [0.717, 1.165) is 12.8 Å². The van der Waals surface area contributed by atoms with Crippen LogP contribution in [-0.2, 0) is 35.0 Å². The summed E-state index contributed by atoms with van der Waals surface area (Å²) in [4.78, 5) is 48.6. The number of carbonyl (C=O) groups excluding carboxylic acids is 4. The average molecular weight is 524 g/mol. The van der Waals surface area contributed by atoms with Crippen LogP contribution in [0.3, 0.4) is 0 Å². The van der Waals surface area contributed by atoms with E-state index in [1.54, 1.807) is 33.8 Å². The molecule has 0 aliphatic rings. The van der Waals surface area contributed by atoms with E-state index in [4.69, 9.17) is 29.4 Å². The Hall–Kier alpha value is -3.14. The van der Waals surface area contributed by atoms with Crippen molar-refractivity contribution >= 4 is 24.1 Å². The SMILES string of the molecule is CCCCC(=O)Oc1ccc(C[C@H](N)C(=O)O[C@@H](C)[C@H](C)OC(=O)OC(C)C)cc1OC(=O)CCCC. The maximum atomic E-state index is 12.5. The van der Waals surface area contributed by atoms with Crippen LogP contribution in [-0.4, -0.2) is 48.4 Å². The van der Waals surface area contributed by atoms with Gasteiger partial charge in [-0.05, 0) is 64.7 Å². The summed E-state index contributed by atoms with van der Waals surface area (Å²) in [7, 11) is 0. The number of hydrogen-bond donors (Lipinski definition) is 1. The van der Waals surface area contributed by atoms with Gasteiger partial charge < -0.3 is 29.4 Å². The largest absolute Gasteiger partial charge is 0.508 e. The second-order valence-corrected chi connectivity index (χ2v) is 9.13. The Labute approximate surface area is 219 Å². The van der Waals surface area contributed by atoms with Gasteiger partial charge in [0, 0.05) is 12.8 Å². The summed E-state index contributed by atoms with van der Waals surface area (Å²) < 4.78 is 26.2. The lowest BCUT2D eigenvalue weighted by Crippen LogP contribution is -2.39. The molecule has 208 valence electrons. The molecule has 1 aromatic rings. The fraction of sp³-hybridized carbons (Fsp3) is 0.630. The lowest BCUT2D eigenvalue weighted by molar-refractivity contribution is -0.155. The lowest BCUT2D eigenvalue weighted by atomic mass is 10.1. The van der Waals surface area contributed by atoms with Crippen molar-refractivity contribution in [3.05, 3.63) is 23.8 Å². The minimum absolute atomic E-state index is 0.0692. The molecule has 0 fully saturated rings. The molecule has 1 aromatic carbocycles. The van der Waals surface area contributed by atoms with Crippen molar-refractivity contribution in [1.29, 1.82) is 0 Å². The zero-order valence-electron chi connectivity index (χ0n) is 22.7. The van der Waals surface area contributed by atoms with Gasteiger partial charge in [-0.2, -0.15) is 0 Å². The van der Waals surface area contributed by atoms with Gasteiger partial charge in [0.1, 0.15) is 18.2 Å². The van der Waals surface area contributed by atoms with Gasteiger partial charge in [0.15, 0.2) is 11.5 Å². The van der Waals surface area contributed by atoms with Crippen LogP contribution in [0.15, 0.2) is 18.2 Å². The van der Waals surface area contributed by atoms with Gasteiger partial charge in [-0.3, -0.25) is 14.4 Å². The molecule has 0 spiro atoms. The van der Waals surface area contributed by atoms with Crippen molar-refractivity contribution in [3.8, 4) is 11.5 Å². The zero-order valence-corrected chi connectivity index (χ0v) is 22.7. The van der Waals surface area contributed by atoms with Crippen molar-refractivity contribution in [2.75, 3.05) is 0 Å². The molecular formula is C27H41NO9. The third-order valence-corrected chi connectivity index (χ3v) is 5.26. The molecule has 0 saturated carbocycles. The minimum Gasteiger partial charge on any atom is -0.458 e. The van der Waals surface area contributed by atoms with E-state index in [2.05, 4.69) is 0 Å². The molecule has 0 aromatic heterocycles. The van der Waals surface area contributed by atoms with Gasteiger partial charge >= 0.3 is 24.1 Å². The highest BCUT2D eigenvalue weighted by Crippen LogP contribution is 2.30. The second-order valence-electron chi connectivity index (χ2n) is 9.13. The molecule has 0 amide bonds. The van der Waals surface area contributed by atoms with E-state index >= 15 is 0 Å². The molecule has 0 aliphatic carbocycles. The average Bonchev–Trinajstić information content (AvgIpc) is 2.82. The molecule has 2 N–H and O–H groups in total. The highest BCUT2D eigenvalue weighted by atomic mass is 16.7. The van der Waals surface area contributed by atoms with Gasteiger partial charge in [0.2, 0.25) is 0 Å². The Balaban J connectivity index is 2.87. The summed E-state index contributed by atoms with van der Waals surface area (Å²) in [5.41, 5.74) is 6.63. The first kappa shape index (κ1) is 31.9. The second kappa shape index (κ2) is 16.6. The number of rotatable bonds is 15. The summed E-state index contributed by atoms with van der Waals surface area (Å²) in [6, 6.07) is 3.63. The number of benzene rings is 1. The fourth-order valence-electron chi connectivity index (χ4n) is 3.00. The molecule has 37 heavy (non-hydrogen) atoms. The Morgan fingerprint density at radius 1 is 0.784 bits per heavy atom. The predicted octanol–water partition coefficient (Wildman–Crippen LogP) is 4.63. The molecule has 0 saturated heterocycles. The van der Waals surface area contributed by atoms with Crippen molar-refractivity contribution < 1.29 is 42.9 Å². The van der Waals surface area contributed by atoms with Crippen molar-refractivity contribution in [2.45, 2.75) is 111 Å².